The Morgan fingerprint density at radius 1 is 1.47 bits per heavy atom. The van der Waals surface area contributed by atoms with Crippen LogP contribution in [0.5, 0.6) is 0 Å². The molecular formula is C9H13ClN2O3. The first-order chi connectivity index (χ1) is 6.86. The van der Waals surface area contributed by atoms with Gasteiger partial charge in [0.1, 0.15) is 5.15 Å². The molecule has 0 aliphatic rings. The summed E-state index contributed by atoms with van der Waals surface area (Å²) in [5, 5.41) is 8.97. The number of carboxylic acids is 1. The molecule has 0 amide bonds. The summed E-state index contributed by atoms with van der Waals surface area (Å²) in [6.45, 7) is 1.73. The number of carboxylic acid groups (broad SMARTS) is 1. The Morgan fingerprint density at radius 3 is 2.33 bits per heavy atom. The third-order valence-electron chi connectivity index (χ3n) is 2.39. The number of nitrogens with zero attached hydrogens (tertiary/aromatic N) is 2. The summed E-state index contributed by atoms with van der Waals surface area (Å²) in [6, 6.07) is 0. The van der Waals surface area contributed by atoms with Gasteiger partial charge in [-0.1, -0.05) is 18.5 Å². The van der Waals surface area contributed by atoms with Crippen LogP contribution >= 0.6 is 11.6 Å². The summed E-state index contributed by atoms with van der Waals surface area (Å²) >= 11 is 5.95. The molecule has 0 saturated heterocycles. The number of hydrogen-bond donors (Lipinski definition) is 1. The zero-order chi connectivity index (χ0) is 11.7. The highest BCUT2D eigenvalue weighted by Crippen LogP contribution is 2.24. The van der Waals surface area contributed by atoms with Crippen molar-refractivity contribution >= 4 is 17.6 Å². The molecule has 0 aromatic carbocycles. The normalized spacial score (nSPS) is 12.8. The van der Waals surface area contributed by atoms with Gasteiger partial charge >= 0.3 is 11.7 Å². The van der Waals surface area contributed by atoms with E-state index >= 15 is 0 Å². The van der Waals surface area contributed by atoms with E-state index in [4.69, 9.17) is 16.7 Å². The Balaban J connectivity index is 3.20. The Bertz CT molecular complexity index is 447. The molecule has 1 rings (SSSR count). The molecule has 1 unspecified atom stereocenters. The maximum atomic E-state index is 11.5. The third kappa shape index (κ3) is 2.07. The topological polar surface area (TPSA) is 64.2 Å². The second kappa shape index (κ2) is 4.10. The van der Waals surface area contributed by atoms with Crippen molar-refractivity contribution in [3.63, 3.8) is 0 Å². The van der Waals surface area contributed by atoms with Crippen molar-refractivity contribution in [2.45, 2.75) is 19.3 Å². The highest BCUT2D eigenvalue weighted by Gasteiger charge is 2.20. The zero-order valence-corrected chi connectivity index (χ0v) is 9.58. The Labute approximate surface area is 91.9 Å². The summed E-state index contributed by atoms with van der Waals surface area (Å²) in [5.41, 5.74) is 0.318. The summed E-state index contributed by atoms with van der Waals surface area (Å²) in [7, 11) is 3.14. The van der Waals surface area contributed by atoms with E-state index in [0.29, 0.717) is 10.8 Å². The van der Waals surface area contributed by atoms with Crippen LogP contribution in [-0.4, -0.2) is 20.2 Å². The van der Waals surface area contributed by atoms with Crippen LogP contribution in [0.25, 0.3) is 0 Å². The van der Waals surface area contributed by atoms with Gasteiger partial charge in [0.05, 0.1) is 12.1 Å². The van der Waals surface area contributed by atoms with Gasteiger partial charge in [-0.15, -0.1) is 0 Å². The number of carbonyl (C=O) groups is 1. The van der Waals surface area contributed by atoms with Crippen molar-refractivity contribution < 1.29 is 9.90 Å². The fraction of sp³-hybridized carbons (Fsp3) is 0.556. The van der Waals surface area contributed by atoms with E-state index in [1.165, 1.54) is 9.13 Å². The molecule has 0 radical (unpaired) electrons. The molecule has 1 atom stereocenters. The smallest absolute Gasteiger partial charge is 0.329 e. The van der Waals surface area contributed by atoms with Crippen molar-refractivity contribution in [2.75, 3.05) is 0 Å². The minimum Gasteiger partial charge on any atom is -0.481 e. The van der Waals surface area contributed by atoms with Gasteiger partial charge in [0, 0.05) is 20.0 Å². The molecule has 84 valence electrons. The standard InChI is InChI=1S/C9H13ClN2O3/c1-5(4-6(13)14)7-8(10)12(3)9(15)11(7)2/h5H,4H2,1-3H3,(H,13,14). The van der Waals surface area contributed by atoms with E-state index in [2.05, 4.69) is 0 Å². The van der Waals surface area contributed by atoms with Crippen LogP contribution in [-0.2, 0) is 18.9 Å². The largest absolute Gasteiger partial charge is 0.481 e. The van der Waals surface area contributed by atoms with Crippen LogP contribution in [0.3, 0.4) is 0 Å². The second-order valence-corrected chi connectivity index (χ2v) is 3.93. The van der Waals surface area contributed by atoms with Gasteiger partial charge in [-0.25, -0.2) is 4.79 Å². The molecule has 0 aliphatic carbocycles. The molecule has 0 aliphatic heterocycles. The molecule has 5 nitrogen and oxygen atoms in total. The van der Waals surface area contributed by atoms with Crippen LogP contribution in [0.4, 0.5) is 0 Å². The summed E-state index contributed by atoms with van der Waals surface area (Å²) < 4.78 is 2.69. The average Bonchev–Trinajstić information content (AvgIpc) is 2.30. The molecule has 0 fully saturated rings. The van der Waals surface area contributed by atoms with Gasteiger partial charge in [0.2, 0.25) is 0 Å². The Kier molecular flexibility index (Phi) is 3.24. The van der Waals surface area contributed by atoms with Crippen LogP contribution < -0.4 is 5.69 Å². The zero-order valence-electron chi connectivity index (χ0n) is 8.82. The lowest BCUT2D eigenvalue weighted by atomic mass is 10.0. The first kappa shape index (κ1) is 11.8. The highest BCUT2D eigenvalue weighted by molar-refractivity contribution is 6.30. The summed E-state index contributed by atoms with van der Waals surface area (Å²) in [4.78, 5) is 22.1. The summed E-state index contributed by atoms with van der Waals surface area (Å²) in [5.74, 6) is -1.19. The lowest BCUT2D eigenvalue weighted by Crippen LogP contribution is -2.21. The molecule has 1 N–H and O–H groups in total. The second-order valence-electron chi connectivity index (χ2n) is 3.58. The van der Waals surface area contributed by atoms with Crippen LogP contribution in [0, 0.1) is 0 Å². The third-order valence-corrected chi connectivity index (χ3v) is 2.84. The molecule has 1 heterocycles. The van der Waals surface area contributed by atoms with E-state index in [1.54, 1.807) is 21.0 Å². The number of imidazole rings is 1. The molecule has 0 spiro atoms. The average molecular weight is 233 g/mol. The van der Waals surface area contributed by atoms with E-state index in [-0.39, 0.29) is 18.0 Å². The van der Waals surface area contributed by atoms with Gasteiger partial charge < -0.3 is 5.11 Å². The van der Waals surface area contributed by atoms with Crippen LogP contribution in [0.1, 0.15) is 25.0 Å². The fourth-order valence-corrected chi connectivity index (χ4v) is 2.00. The molecule has 15 heavy (non-hydrogen) atoms. The number of hydrogen-bond acceptors (Lipinski definition) is 2. The lowest BCUT2D eigenvalue weighted by molar-refractivity contribution is -0.137. The van der Waals surface area contributed by atoms with Gasteiger partial charge in [-0.05, 0) is 0 Å². The maximum absolute atomic E-state index is 11.5. The first-order valence-corrected chi connectivity index (χ1v) is 4.87. The number of aromatic nitrogens is 2. The highest BCUT2D eigenvalue weighted by atomic mass is 35.5. The van der Waals surface area contributed by atoms with E-state index in [9.17, 15) is 9.59 Å². The molecule has 1 aromatic rings. The van der Waals surface area contributed by atoms with Crippen LogP contribution in [0.2, 0.25) is 5.15 Å². The van der Waals surface area contributed by atoms with E-state index in [0.717, 1.165) is 0 Å². The van der Waals surface area contributed by atoms with Crippen molar-refractivity contribution in [1.82, 2.24) is 9.13 Å². The molecule has 1 aromatic heterocycles. The number of rotatable bonds is 3. The SMILES string of the molecule is CC(CC(=O)O)c1c(Cl)n(C)c(=O)n1C. The minimum atomic E-state index is -0.908. The monoisotopic (exact) mass is 232 g/mol. The molecule has 0 saturated carbocycles. The number of aliphatic carboxylic acids is 1. The number of halogens is 1. The van der Waals surface area contributed by atoms with Crippen molar-refractivity contribution in [3.05, 3.63) is 21.3 Å². The van der Waals surface area contributed by atoms with Crippen LogP contribution in [0.15, 0.2) is 4.79 Å². The van der Waals surface area contributed by atoms with Gasteiger partial charge in [-0.3, -0.25) is 13.9 Å². The van der Waals surface area contributed by atoms with Crippen molar-refractivity contribution in [2.24, 2.45) is 14.1 Å². The quantitative estimate of drug-likeness (QED) is 0.844. The van der Waals surface area contributed by atoms with Gasteiger partial charge in [0.15, 0.2) is 0 Å². The van der Waals surface area contributed by atoms with Gasteiger partial charge in [0.25, 0.3) is 0 Å². The van der Waals surface area contributed by atoms with Crippen molar-refractivity contribution in [1.29, 1.82) is 0 Å². The fourth-order valence-electron chi connectivity index (χ4n) is 1.61. The molecule has 6 heteroatoms. The van der Waals surface area contributed by atoms with E-state index < -0.39 is 5.97 Å². The van der Waals surface area contributed by atoms with E-state index in [1.807, 2.05) is 0 Å². The Morgan fingerprint density at radius 2 is 2.00 bits per heavy atom. The predicted molar refractivity (Wildman–Crippen MR) is 56.3 cm³/mol. The first-order valence-electron chi connectivity index (χ1n) is 4.49. The minimum absolute atomic E-state index is 0.0446. The Hall–Kier alpha value is -1.23. The lowest BCUT2D eigenvalue weighted by Gasteiger charge is -2.09. The van der Waals surface area contributed by atoms with Gasteiger partial charge in [-0.2, -0.15) is 0 Å². The predicted octanol–water partition coefficient (Wildman–Crippen LogP) is 0.955. The maximum Gasteiger partial charge on any atom is 0.329 e. The summed E-state index contributed by atoms with van der Waals surface area (Å²) in [6.07, 6.45) is -0.0446. The van der Waals surface area contributed by atoms with Crippen molar-refractivity contribution in [3.8, 4) is 0 Å². The molecule has 0 bridgehead atoms. The molecular weight excluding hydrogens is 220 g/mol.